The molecule has 2 rings (SSSR count). The largest absolute Gasteiger partial charge is 0.397 e. The number of nitrogens with two attached hydrogens (primary N) is 1. The molecule has 98 valence electrons. The molecule has 0 aliphatic heterocycles. The van der Waals surface area contributed by atoms with Crippen molar-refractivity contribution in [3.05, 3.63) is 24.0 Å². The van der Waals surface area contributed by atoms with E-state index in [4.69, 9.17) is 5.73 Å². The second-order valence-corrected chi connectivity index (χ2v) is 5.74. The Balaban J connectivity index is 2.04. The van der Waals surface area contributed by atoms with E-state index in [1.165, 1.54) is 19.0 Å². The monoisotopic (exact) mass is 247 g/mol. The molecule has 1 aromatic heterocycles. The first-order valence-electron chi connectivity index (χ1n) is 6.51. The summed E-state index contributed by atoms with van der Waals surface area (Å²) in [6.07, 6.45) is 6.16. The molecule has 1 amide bonds. The molecule has 4 heteroatoms. The lowest BCUT2D eigenvalue weighted by molar-refractivity contribution is 0.0848. The third kappa shape index (κ3) is 2.81. The Hall–Kier alpha value is -1.58. The summed E-state index contributed by atoms with van der Waals surface area (Å²) < 4.78 is 0. The quantitative estimate of drug-likeness (QED) is 0.843. The van der Waals surface area contributed by atoms with Gasteiger partial charge in [-0.05, 0) is 30.4 Å². The molecule has 0 bridgehead atoms. The number of nitrogens with zero attached hydrogens (tertiary/aromatic N) is 1. The molecular formula is C14H21N3O. The van der Waals surface area contributed by atoms with Crippen LogP contribution in [-0.4, -0.2) is 16.9 Å². The minimum atomic E-state index is -0.102. The second kappa shape index (κ2) is 4.96. The fourth-order valence-electron chi connectivity index (χ4n) is 2.53. The van der Waals surface area contributed by atoms with Gasteiger partial charge in [-0.3, -0.25) is 4.79 Å². The summed E-state index contributed by atoms with van der Waals surface area (Å²) in [5.74, 6) is -0.102. The van der Waals surface area contributed by atoms with E-state index in [0.29, 0.717) is 11.4 Å². The molecule has 4 nitrogen and oxygen atoms in total. The molecule has 1 atom stereocenters. The van der Waals surface area contributed by atoms with Gasteiger partial charge in [-0.2, -0.15) is 0 Å². The molecule has 18 heavy (non-hydrogen) atoms. The number of hydrogen-bond acceptors (Lipinski definition) is 3. The highest BCUT2D eigenvalue weighted by atomic mass is 16.1. The lowest BCUT2D eigenvalue weighted by Crippen LogP contribution is -2.47. The van der Waals surface area contributed by atoms with Gasteiger partial charge in [-0.1, -0.05) is 26.7 Å². The number of anilines is 1. The highest BCUT2D eigenvalue weighted by molar-refractivity contribution is 5.92. The second-order valence-electron chi connectivity index (χ2n) is 5.74. The van der Waals surface area contributed by atoms with Crippen molar-refractivity contribution in [2.45, 2.75) is 45.6 Å². The third-order valence-electron chi connectivity index (χ3n) is 3.83. The van der Waals surface area contributed by atoms with E-state index in [1.807, 2.05) is 0 Å². The summed E-state index contributed by atoms with van der Waals surface area (Å²) in [5.41, 5.74) is 6.74. The lowest BCUT2D eigenvalue weighted by atomic mass is 9.73. The maximum Gasteiger partial charge on any atom is 0.270 e. The number of amides is 1. The van der Waals surface area contributed by atoms with Crippen LogP contribution in [0.5, 0.6) is 0 Å². The minimum absolute atomic E-state index is 0.102. The Bertz CT molecular complexity index is 425. The van der Waals surface area contributed by atoms with Crippen LogP contribution in [0.25, 0.3) is 0 Å². The van der Waals surface area contributed by atoms with Crippen molar-refractivity contribution in [2.75, 3.05) is 5.73 Å². The van der Waals surface area contributed by atoms with Gasteiger partial charge >= 0.3 is 0 Å². The van der Waals surface area contributed by atoms with Gasteiger partial charge < -0.3 is 11.1 Å². The number of pyridine rings is 1. The molecule has 1 aromatic rings. The van der Waals surface area contributed by atoms with Gasteiger partial charge in [0, 0.05) is 6.04 Å². The van der Waals surface area contributed by atoms with Gasteiger partial charge in [-0.15, -0.1) is 0 Å². The van der Waals surface area contributed by atoms with Gasteiger partial charge in [0.2, 0.25) is 0 Å². The van der Waals surface area contributed by atoms with Crippen LogP contribution in [0.15, 0.2) is 18.3 Å². The topological polar surface area (TPSA) is 68.0 Å². The van der Waals surface area contributed by atoms with Gasteiger partial charge in [-0.25, -0.2) is 4.98 Å². The molecule has 0 radical (unpaired) electrons. The van der Waals surface area contributed by atoms with Gasteiger partial charge in [0.15, 0.2) is 0 Å². The first-order chi connectivity index (χ1) is 8.49. The molecular weight excluding hydrogens is 226 g/mol. The molecule has 3 N–H and O–H groups in total. The molecule has 1 aliphatic rings. The lowest BCUT2D eigenvalue weighted by Gasteiger charge is -2.38. The minimum Gasteiger partial charge on any atom is -0.397 e. The molecule has 1 saturated carbocycles. The van der Waals surface area contributed by atoms with Crippen LogP contribution in [0.1, 0.15) is 50.0 Å². The van der Waals surface area contributed by atoms with Gasteiger partial charge in [0.05, 0.1) is 11.9 Å². The summed E-state index contributed by atoms with van der Waals surface area (Å²) in [6, 6.07) is 3.60. The average molecular weight is 247 g/mol. The smallest absolute Gasteiger partial charge is 0.270 e. The van der Waals surface area contributed by atoms with Crippen LogP contribution in [0.3, 0.4) is 0 Å². The number of aromatic nitrogens is 1. The molecule has 1 aliphatic carbocycles. The van der Waals surface area contributed by atoms with Crippen molar-refractivity contribution in [1.29, 1.82) is 0 Å². The summed E-state index contributed by atoms with van der Waals surface area (Å²) in [6.45, 7) is 4.43. The standard InChI is InChI=1S/C14H21N3O/c1-14(2)8-4-3-5-12(14)17-13(18)11-7-6-10(15)9-16-11/h6-7,9,12H,3-5,8,15H2,1-2H3,(H,17,18). The fourth-order valence-corrected chi connectivity index (χ4v) is 2.53. The number of carbonyl (C=O) groups is 1. The molecule has 1 fully saturated rings. The van der Waals surface area contributed by atoms with E-state index in [2.05, 4.69) is 24.1 Å². The Morgan fingerprint density at radius 2 is 2.22 bits per heavy atom. The summed E-state index contributed by atoms with van der Waals surface area (Å²) >= 11 is 0. The zero-order valence-electron chi connectivity index (χ0n) is 11.1. The maximum absolute atomic E-state index is 12.1. The van der Waals surface area contributed by atoms with E-state index >= 15 is 0 Å². The molecule has 0 aromatic carbocycles. The zero-order valence-corrected chi connectivity index (χ0v) is 11.1. The van der Waals surface area contributed by atoms with E-state index in [9.17, 15) is 4.79 Å². The Labute approximate surface area is 108 Å². The van der Waals surface area contributed by atoms with E-state index in [0.717, 1.165) is 12.8 Å². The van der Waals surface area contributed by atoms with Crippen LogP contribution in [0, 0.1) is 5.41 Å². The SMILES string of the molecule is CC1(C)CCCCC1NC(=O)c1ccc(N)cn1. The predicted molar refractivity (Wildman–Crippen MR) is 72.2 cm³/mol. The molecule has 1 unspecified atom stereocenters. The van der Waals surface area contributed by atoms with E-state index < -0.39 is 0 Å². The predicted octanol–water partition coefficient (Wildman–Crippen LogP) is 2.36. The van der Waals surface area contributed by atoms with Crippen LogP contribution >= 0.6 is 0 Å². The van der Waals surface area contributed by atoms with Crippen molar-refractivity contribution in [2.24, 2.45) is 5.41 Å². The van der Waals surface area contributed by atoms with Crippen molar-refractivity contribution in [3.63, 3.8) is 0 Å². The maximum atomic E-state index is 12.1. The van der Waals surface area contributed by atoms with Gasteiger partial charge in [0.1, 0.15) is 5.69 Å². The van der Waals surface area contributed by atoms with Crippen molar-refractivity contribution in [3.8, 4) is 0 Å². The van der Waals surface area contributed by atoms with Gasteiger partial charge in [0.25, 0.3) is 5.91 Å². The highest BCUT2D eigenvalue weighted by Crippen LogP contribution is 2.35. The highest BCUT2D eigenvalue weighted by Gasteiger charge is 2.33. The van der Waals surface area contributed by atoms with E-state index in [1.54, 1.807) is 12.1 Å². The molecule has 1 heterocycles. The Morgan fingerprint density at radius 1 is 1.44 bits per heavy atom. The number of nitrogens with one attached hydrogen (secondary N) is 1. The van der Waals surface area contributed by atoms with Crippen molar-refractivity contribution >= 4 is 11.6 Å². The van der Waals surface area contributed by atoms with Crippen LogP contribution in [0.2, 0.25) is 0 Å². The Morgan fingerprint density at radius 3 is 2.83 bits per heavy atom. The van der Waals surface area contributed by atoms with E-state index in [-0.39, 0.29) is 17.4 Å². The normalized spacial score (nSPS) is 22.4. The Kier molecular flexibility index (Phi) is 3.55. The average Bonchev–Trinajstić information content (AvgIpc) is 2.32. The summed E-state index contributed by atoms with van der Waals surface area (Å²) in [7, 11) is 0. The first kappa shape index (κ1) is 12.9. The van der Waals surface area contributed by atoms with Crippen molar-refractivity contribution < 1.29 is 4.79 Å². The summed E-state index contributed by atoms with van der Waals surface area (Å²) in [5, 5.41) is 3.10. The first-order valence-corrected chi connectivity index (χ1v) is 6.51. The van der Waals surface area contributed by atoms with Crippen LogP contribution < -0.4 is 11.1 Å². The number of nitrogen functional groups attached to an aromatic ring is 1. The molecule has 0 spiro atoms. The molecule has 0 saturated heterocycles. The van der Waals surface area contributed by atoms with Crippen LogP contribution in [0.4, 0.5) is 5.69 Å². The third-order valence-corrected chi connectivity index (χ3v) is 3.83. The zero-order chi connectivity index (χ0) is 13.2. The summed E-state index contributed by atoms with van der Waals surface area (Å²) in [4.78, 5) is 16.2. The van der Waals surface area contributed by atoms with Crippen LogP contribution in [-0.2, 0) is 0 Å². The number of rotatable bonds is 2. The number of hydrogen-bond donors (Lipinski definition) is 2. The van der Waals surface area contributed by atoms with Crippen molar-refractivity contribution in [1.82, 2.24) is 10.3 Å². The fraction of sp³-hybridized carbons (Fsp3) is 0.571. The number of carbonyl (C=O) groups excluding carboxylic acids is 1.